The van der Waals surface area contributed by atoms with Gasteiger partial charge in [-0.1, -0.05) is 0 Å². The van der Waals surface area contributed by atoms with Gasteiger partial charge in [-0.3, -0.25) is 4.68 Å². The van der Waals surface area contributed by atoms with Gasteiger partial charge in [0.25, 0.3) is 0 Å². The van der Waals surface area contributed by atoms with E-state index in [1.54, 1.807) is 10.9 Å². The average Bonchev–Trinajstić information content (AvgIpc) is 2.90. The van der Waals surface area contributed by atoms with Crippen molar-refractivity contribution in [1.29, 1.82) is 0 Å². The van der Waals surface area contributed by atoms with Crippen LogP contribution in [0.5, 0.6) is 0 Å². The summed E-state index contributed by atoms with van der Waals surface area (Å²) in [4.78, 5) is 0. The predicted molar refractivity (Wildman–Crippen MR) is 61.4 cm³/mol. The molecule has 0 aliphatic carbocycles. The predicted octanol–water partition coefficient (Wildman–Crippen LogP) is -0.884. The van der Waals surface area contributed by atoms with Crippen molar-refractivity contribution in [3.63, 3.8) is 0 Å². The molecule has 1 saturated heterocycles. The second-order valence-corrected chi connectivity index (χ2v) is 4.47. The summed E-state index contributed by atoms with van der Waals surface area (Å²) >= 11 is 0. The molecule has 2 rings (SSSR count). The maximum Gasteiger partial charge on any atom is 0.102 e. The lowest BCUT2D eigenvalue weighted by Crippen LogP contribution is -2.40. The van der Waals surface area contributed by atoms with E-state index in [1.807, 2.05) is 6.20 Å². The summed E-state index contributed by atoms with van der Waals surface area (Å²) in [6, 6.07) is 0. The van der Waals surface area contributed by atoms with Gasteiger partial charge in [0.05, 0.1) is 26.0 Å². The van der Waals surface area contributed by atoms with E-state index < -0.39 is 5.60 Å². The Bertz CT molecular complexity index is 347. The highest BCUT2D eigenvalue weighted by atomic mass is 16.5. The zero-order chi connectivity index (χ0) is 12.1. The van der Waals surface area contributed by atoms with Crippen LogP contribution in [0.4, 0.5) is 0 Å². The van der Waals surface area contributed by atoms with Gasteiger partial charge in [-0.05, 0) is 0 Å². The van der Waals surface area contributed by atoms with E-state index in [4.69, 9.17) is 9.84 Å². The number of aliphatic hydroxyl groups excluding tert-OH is 1. The first-order valence-electron chi connectivity index (χ1n) is 5.85. The van der Waals surface area contributed by atoms with Crippen molar-refractivity contribution in [2.75, 3.05) is 26.4 Å². The van der Waals surface area contributed by atoms with E-state index in [0.717, 1.165) is 5.56 Å². The molecule has 6 nitrogen and oxygen atoms in total. The first-order valence-corrected chi connectivity index (χ1v) is 5.85. The molecule has 0 spiro atoms. The molecule has 6 heteroatoms. The highest BCUT2D eigenvalue weighted by Gasteiger charge is 2.31. The third kappa shape index (κ3) is 3.50. The fourth-order valence-electron chi connectivity index (χ4n) is 1.90. The summed E-state index contributed by atoms with van der Waals surface area (Å²) in [6.07, 6.45) is 4.33. The smallest absolute Gasteiger partial charge is 0.102 e. The number of nitrogens with zero attached hydrogens (tertiary/aromatic N) is 2. The van der Waals surface area contributed by atoms with Crippen LogP contribution in [0.25, 0.3) is 0 Å². The lowest BCUT2D eigenvalue weighted by atomic mass is 10.0. The molecule has 1 fully saturated rings. The zero-order valence-electron chi connectivity index (χ0n) is 9.80. The quantitative estimate of drug-likeness (QED) is 0.602. The highest BCUT2D eigenvalue weighted by molar-refractivity contribution is 5.03. The molecule has 1 unspecified atom stereocenters. The van der Waals surface area contributed by atoms with Gasteiger partial charge in [0.15, 0.2) is 0 Å². The summed E-state index contributed by atoms with van der Waals surface area (Å²) in [5.41, 5.74) is 0.321. The van der Waals surface area contributed by atoms with Crippen LogP contribution in [0, 0.1) is 0 Å². The Balaban J connectivity index is 1.73. The molecule has 0 bridgehead atoms. The van der Waals surface area contributed by atoms with Gasteiger partial charge >= 0.3 is 0 Å². The molecule has 2 heterocycles. The van der Waals surface area contributed by atoms with Crippen molar-refractivity contribution >= 4 is 0 Å². The minimum Gasteiger partial charge on any atom is -0.394 e. The van der Waals surface area contributed by atoms with Crippen molar-refractivity contribution in [2.24, 2.45) is 0 Å². The topological polar surface area (TPSA) is 79.5 Å². The van der Waals surface area contributed by atoms with Crippen LogP contribution in [0.15, 0.2) is 12.4 Å². The van der Waals surface area contributed by atoms with Gasteiger partial charge in [-0.15, -0.1) is 0 Å². The minimum atomic E-state index is -0.721. The fraction of sp³-hybridized carbons (Fsp3) is 0.727. The third-order valence-electron chi connectivity index (χ3n) is 2.88. The fourth-order valence-corrected chi connectivity index (χ4v) is 1.90. The SMILES string of the molecule is OCCn1cc(CNCC2(O)CCOC2)cn1. The summed E-state index contributed by atoms with van der Waals surface area (Å²) in [7, 11) is 0. The Hall–Kier alpha value is -0.950. The minimum absolute atomic E-state index is 0.0889. The Labute approximate surface area is 100 Å². The number of hydrogen-bond acceptors (Lipinski definition) is 5. The third-order valence-corrected chi connectivity index (χ3v) is 2.88. The van der Waals surface area contributed by atoms with E-state index in [9.17, 15) is 5.11 Å². The number of aromatic nitrogens is 2. The Morgan fingerprint density at radius 3 is 3.18 bits per heavy atom. The number of rotatable bonds is 6. The maximum absolute atomic E-state index is 10.0. The van der Waals surface area contributed by atoms with Crippen molar-refractivity contribution in [1.82, 2.24) is 15.1 Å². The lowest BCUT2D eigenvalue weighted by Gasteiger charge is -2.20. The molecule has 1 aliphatic rings. The van der Waals surface area contributed by atoms with E-state index in [2.05, 4.69) is 10.4 Å². The lowest BCUT2D eigenvalue weighted by molar-refractivity contribution is 0.0268. The molecule has 3 N–H and O–H groups in total. The van der Waals surface area contributed by atoms with Crippen molar-refractivity contribution in [3.8, 4) is 0 Å². The first-order chi connectivity index (χ1) is 8.22. The molecule has 17 heavy (non-hydrogen) atoms. The van der Waals surface area contributed by atoms with E-state index in [1.165, 1.54) is 0 Å². The van der Waals surface area contributed by atoms with Crippen LogP contribution in [0.1, 0.15) is 12.0 Å². The standard InChI is InChI=1S/C11H19N3O3/c15-3-2-14-7-10(6-13-14)5-12-8-11(16)1-4-17-9-11/h6-7,12,15-16H,1-5,8-9H2. The molecule has 96 valence electrons. The molecule has 0 radical (unpaired) electrons. The molecule has 0 saturated carbocycles. The molecular formula is C11H19N3O3. The molecule has 1 atom stereocenters. The zero-order valence-corrected chi connectivity index (χ0v) is 9.80. The highest BCUT2D eigenvalue weighted by Crippen LogP contribution is 2.16. The van der Waals surface area contributed by atoms with Crippen LogP contribution >= 0.6 is 0 Å². The van der Waals surface area contributed by atoms with Gasteiger partial charge < -0.3 is 20.3 Å². The Morgan fingerprint density at radius 1 is 1.59 bits per heavy atom. The molecule has 1 aromatic heterocycles. The normalized spacial score (nSPS) is 24.4. The number of nitrogens with one attached hydrogen (secondary N) is 1. The van der Waals surface area contributed by atoms with Crippen LogP contribution < -0.4 is 5.32 Å². The van der Waals surface area contributed by atoms with E-state index >= 15 is 0 Å². The maximum atomic E-state index is 10.0. The number of hydrogen-bond donors (Lipinski definition) is 3. The average molecular weight is 241 g/mol. The second kappa shape index (κ2) is 5.59. The molecule has 0 amide bonds. The van der Waals surface area contributed by atoms with Crippen LogP contribution in [-0.2, 0) is 17.8 Å². The molecule has 1 aliphatic heterocycles. The van der Waals surface area contributed by atoms with Gasteiger partial charge in [0.1, 0.15) is 5.60 Å². The number of ether oxygens (including phenoxy) is 1. The van der Waals surface area contributed by atoms with Crippen LogP contribution in [0.3, 0.4) is 0 Å². The summed E-state index contributed by atoms with van der Waals surface area (Å²) < 4.78 is 6.86. The Morgan fingerprint density at radius 2 is 2.47 bits per heavy atom. The van der Waals surface area contributed by atoms with E-state index in [0.29, 0.717) is 39.3 Å². The van der Waals surface area contributed by atoms with Gasteiger partial charge in [0.2, 0.25) is 0 Å². The van der Waals surface area contributed by atoms with Crippen molar-refractivity contribution < 1.29 is 14.9 Å². The molecule has 1 aromatic rings. The van der Waals surface area contributed by atoms with Gasteiger partial charge in [-0.2, -0.15) is 5.10 Å². The molecular weight excluding hydrogens is 222 g/mol. The van der Waals surface area contributed by atoms with Crippen LogP contribution in [0.2, 0.25) is 0 Å². The summed E-state index contributed by atoms with van der Waals surface area (Å²) in [6.45, 7) is 2.83. The first kappa shape index (κ1) is 12.5. The van der Waals surface area contributed by atoms with Gasteiger partial charge in [-0.25, -0.2) is 0 Å². The van der Waals surface area contributed by atoms with Crippen molar-refractivity contribution in [3.05, 3.63) is 18.0 Å². The Kier molecular flexibility index (Phi) is 4.11. The summed E-state index contributed by atoms with van der Waals surface area (Å²) in [5.74, 6) is 0. The monoisotopic (exact) mass is 241 g/mol. The largest absolute Gasteiger partial charge is 0.394 e. The number of aliphatic hydroxyl groups is 2. The van der Waals surface area contributed by atoms with Crippen LogP contribution in [-0.4, -0.2) is 52.0 Å². The van der Waals surface area contributed by atoms with E-state index in [-0.39, 0.29) is 6.61 Å². The molecule has 0 aromatic carbocycles. The van der Waals surface area contributed by atoms with Gasteiger partial charge in [0, 0.05) is 37.9 Å². The summed E-state index contributed by atoms with van der Waals surface area (Å²) in [5, 5.41) is 26.1. The van der Waals surface area contributed by atoms with Crippen molar-refractivity contribution in [2.45, 2.75) is 25.1 Å². The second-order valence-electron chi connectivity index (χ2n) is 4.47.